The molecule has 510 valence electrons. The molecule has 7 heterocycles. The molecule has 12 rings (SSSR count). The number of nitrogens with zero attached hydrogens (tertiary/aromatic N) is 7. The molecule has 0 bridgehead atoms. The van der Waals surface area contributed by atoms with Gasteiger partial charge in [-0.3, -0.25) is 38.4 Å². The summed E-state index contributed by atoms with van der Waals surface area (Å²) in [5, 5.41) is 35.0. The Morgan fingerprint density at radius 2 is 1.56 bits per heavy atom. The standard InChI is InChI=1S/C70H80FN13O13/c1-5-70(94)47-28-53-61-45(34-84(53)67(92)46(47)35-97-68(70)93)59-49(18-17-42-39(4)48(71)29-51(76-61)58(42)59)75-55(86)32-74-65(90)50(15-10-11-22-72)77-66(91)60(38(2)3)78-54(85)20-24-95-26-27-96-25-21-56(87)82-36-69(37-82)30-41(31-69)64(89)73-23-19-57(88)83-33-40-12-6-7-13-43(40)62-63(80-81-79-62)44-14-8-9-16-52(44)83/h6-9,12-14,16,28-29,38,41,49-50,60,94H,5,10-11,15,17-27,30-37,72H2,1-4H3,(H4-,73,74,75,77,78,85,86,89,90,91)/p+1/t49-,50-,60-,70-/m0/s1. The number of ether oxygens (including phenoxy) is 3. The largest absolute Gasteiger partial charge is 0.458 e. The van der Waals surface area contributed by atoms with E-state index in [-0.39, 0.29) is 118 Å². The third-order valence-corrected chi connectivity index (χ3v) is 19.9. The smallest absolute Gasteiger partial charge is 0.343 e. The SMILES string of the molecule is CC[C@@]1(O)C(=O)OCc2c1cc1n(c2=O)Cc2c-1nc1cc(F)c(C)c3c1c2[C@@H](NC(=O)CNC(=O)[C@H](CCCCN)NC(=O)[C@@H](NC(=O)CCOCCOCCC(=O)N1CC2(CC(C(=O)NCCC(=O)N4Cc5ccccc5C5=C(N=[N+]=N5)c5ccccc54)C2)C1)C(C)C)CC3. The third-order valence-electron chi connectivity index (χ3n) is 19.9. The topological polar surface area (TPSA) is 351 Å². The first kappa shape index (κ1) is 67.6. The fourth-order valence-electron chi connectivity index (χ4n) is 14.6. The maximum Gasteiger partial charge on any atom is 0.343 e. The number of hydrogen-bond donors (Lipinski definition) is 7. The molecule has 3 aromatic carbocycles. The second-order valence-electron chi connectivity index (χ2n) is 26.6. The molecule has 5 aromatic rings. The molecule has 8 N–H and O–H groups in total. The second-order valence-corrected chi connectivity index (χ2v) is 26.6. The highest BCUT2D eigenvalue weighted by Crippen LogP contribution is 2.52. The molecular weight excluding hydrogens is 1250 g/mol. The number of fused-ring (bicyclic) bond motifs is 9. The van der Waals surface area contributed by atoms with Gasteiger partial charge in [0.1, 0.15) is 24.5 Å². The number of hydrogen-bond acceptors (Lipinski definition) is 17. The first-order chi connectivity index (χ1) is 46.7. The van der Waals surface area contributed by atoms with Gasteiger partial charge in [-0.1, -0.05) is 63.2 Å². The number of cyclic esters (lactones) is 1. The van der Waals surface area contributed by atoms with E-state index in [9.17, 15) is 48.3 Å². The maximum atomic E-state index is 15.5. The van der Waals surface area contributed by atoms with Crippen molar-refractivity contribution in [1.29, 1.82) is 0 Å². The van der Waals surface area contributed by atoms with Crippen LogP contribution in [0.5, 0.6) is 0 Å². The van der Waals surface area contributed by atoms with Crippen LogP contribution in [0.25, 0.3) is 33.7 Å². The van der Waals surface area contributed by atoms with E-state index in [0.29, 0.717) is 121 Å². The monoisotopic (exact) mass is 1330 g/mol. The minimum Gasteiger partial charge on any atom is -0.458 e. The Morgan fingerprint density at radius 3 is 2.30 bits per heavy atom. The Balaban J connectivity index is 0.551. The summed E-state index contributed by atoms with van der Waals surface area (Å²) in [6, 6.07) is 15.4. The Morgan fingerprint density at radius 1 is 0.835 bits per heavy atom. The van der Waals surface area contributed by atoms with Crippen LogP contribution in [-0.4, -0.2) is 138 Å². The number of nitrogens with two attached hydrogens (primary N) is 1. The third kappa shape index (κ3) is 13.5. The average Bonchev–Trinajstić information content (AvgIpc) is 1.61. The molecule has 97 heavy (non-hydrogen) atoms. The van der Waals surface area contributed by atoms with E-state index in [1.807, 2.05) is 48.5 Å². The Hall–Kier alpha value is -9.40. The van der Waals surface area contributed by atoms with Crippen molar-refractivity contribution in [3.05, 3.63) is 127 Å². The summed E-state index contributed by atoms with van der Waals surface area (Å²) in [5.74, 6) is -4.47. The van der Waals surface area contributed by atoms with Gasteiger partial charge in [0.25, 0.3) is 5.56 Å². The summed E-state index contributed by atoms with van der Waals surface area (Å²) in [7, 11) is 0. The highest BCUT2D eigenvalue weighted by atomic mass is 19.1. The van der Waals surface area contributed by atoms with Crippen LogP contribution in [0.2, 0.25) is 0 Å². The molecule has 26 nitrogen and oxygen atoms in total. The van der Waals surface area contributed by atoms with Crippen molar-refractivity contribution in [1.82, 2.24) is 45.9 Å². The van der Waals surface area contributed by atoms with Gasteiger partial charge in [0, 0.05) is 77.5 Å². The lowest BCUT2D eigenvalue weighted by Crippen LogP contribution is -2.65. The van der Waals surface area contributed by atoms with Crippen LogP contribution in [0.4, 0.5) is 10.1 Å². The fourth-order valence-corrected chi connectivity index (χ4v) is 14.6. The molecule has 2 aromatic heterocycles. The molecule has 1 saturated carbocycles. The van der Waals surface area contributed by atoms with Crippen molar-refractivity contribution in [2.24, 2.45) is 33.2 Å². The number of unbranched alkanes of at least 4 members (excludes halogenated alkanes) is 1. The number of anilines is 1. The van der Waals surface area contributed by atoms with Gasteiger partial charge in [0.05, 0.1) is 86.7 Å². The van der Waals surface area contributed by atoms with Gasteiger partial charge in [-0.2, -0.15) is 0 Å². The van der Waals surface area contributed by atoms with Gasteiger partial charge in [0.2, 0.25) is 46.3 Å². The number of aromatic nitrogens is 2. The minimum atomic E-state index is -2.06. The Bertz CT molecular complexity index is 4210. The number of aliphatic hydroxyl groups is 1. The van der Waals surface area contributed by atoms with Crippen LogP contribution in [0, 0.1) is 30.0 Å². The van der Waals surface area contributed by atoms with Crippen molar-refractivity contribution in [2.45, 2.75) is 142 Å². The number of para-hydroxylation sites is 1. The zero-order valence-electron chi connectivity index (χ0n) is 54.9. The molecule has 2 aliphatic carbocycles. The summed E-state index contributed by atoms with van der Waals surface area (Å²) < 4.78 is 33.6. The first-order valence-corrected chi connectivity index (χ1v) is 33.4. The Labute approximate surface area is 558 Å². The van der Waals surface area contributed by atoms with E-state index < -0.39 is 77.2 Å². The lowest BCUT2D eigenvalue weighted by molar-refractivity contribution is -0.172. The van der Waals surface area contributed by atoms with Crippen molar-refractivity contribution < 1.29 is 62.1 Å². The van der Waals surface area contributed by atoms with E-state index in [1.54, 1.807) is 43.6 Å². The predicted molar refractivity (Wildman–Crippen MR) is 351 cm³/mol. The number of halogens is 1. The lowest BCUT2D eigenvalue weighted by Gasteiger charge is -2.58. The molecule has 4 atom stereocenters. The predicted octanol–water partition coefficient (Wildman–Crippen LogP) is 4.42. The van der Waals surface area contributed by atoms with Crippen molar-refractivity contribution in [3.8, 4) is 11.4 Å². The number of carbonyl (C=O) groups excluding carboxylic acids is 8. The normalized spacial score (nSPS) is 18.8. The van der Waals surface area contributed by atoms with Crippen LogP contribution >= 0.6 is 0 Å². The van der Waals surface area contributed by atoms with Crippen LogP contribution in [0.1, 0.15) is 141 Å². The summed E-state index contributed by atoms with van der Waals surface area (Å²) in [4.78, 5) is 134. The van der Waals surface area contributed by atoms with E-state index in [2.05, 4.69) is 41.7 Å². The van der Waals surface area contributed by atoms with E-state index >= 15 is 4.39 Å². The number of likely N-dealkylation sites (tertiary alicyclic amines) is 1. The first-order valence-electron chi connectivity index (χ1n) is 33.4. The van der Waals surface area contributed by atoms with Crippen LogP contribution in [0.15, 0.2) is 75.7 Å². The molecule has 1 spiro atoms. The van der Waals surface area contributed by atoms with Gasteiger partial charge in [-0.25, -0.2) is 14.2 Å². The Kier molecular flexibility index (Phi) is 19.8. The number of aryl methyl sites for hydroxylation is 1. The van der Waals surface area contributed by atoms with Crippen molar-refractivity contribution >= 4 is 75.3 Å². The van der Waals surface area contributed by atoms with Gasteiger partial charge in [-0.05, 0) is 105 Å². The number of carbonyl (C=O) groups is 8. The summed E-state index contributed by atoms with van der Waals surface area (Å²) in [6.45, 7) is 8.53. The van der Waals surface area contributed by atoms with E-state index in [1.165, 1.54) is 10.6 Å². The maximum absolute atomic E-state index is 15.5. The van der Waals surface area contributed by atoms with E-state index in [4.69, 9.17) is 24.9 Å². The fraction of sp³-hybridized carbons (Fsp3) is 0.486. The van der Waals surface area contributed by atoms with Gasteiger partial charge < -0.3 is 66.0 Å². The molecule has 7 aliphatic rings. The summed E-state index contributed by atoms with van der Waals surface area (Å²) in [6.07, 6.45) is 3.40. The number of esters is 1. The number of benzene rings is 3. The molecule has 27 heteroatoms. The highest BCUT2D eigenvalue weighted by Gasteiger charge is 2.55. The quantitative estimate of drug-likeness (QED) is 0.0225. The zero-order chi connectivity index (χ0) is 68.4. The lowest BCUT2D eigenvalue weighted by atomic mass is 9.57. The van der Waals surface area contributed by atoms with Crippen LogP contribution in [-0.2, 0) is 84.3 Å². The average molecular weight is 1330 g/mol. The molecule has 0 radical (unpaired) electrons. The molecule has 7 amide bonds. The number of pyridine rings is 2. The molecular formula is C70H81FN13O13+. The minimum absolute atomic E-state index is 0.0206. The highest BCUT2D eigenvalue weighted by molar-refractivity contribution is 6.02. The molecule has 1 saturated heterocycles. The van der Waals surface area contributed by atoms with Crippen molar-refractivity contribution in [2.75, 3.05) is 64.1 Å². The molecule has 2 fully saturated rings. The number of rotatable bonds is 26. The number of nitrogens with one attached hydrogen (secondary N) is 5. The zero-order valence-corrected chi connectivity index (χ0v) is 54.9. The molecule has 0 unspecified atom stereocenters. The van der Waals surface area contributed by atoms with Crippen LogP contribution < -0.4 is 47.7 Å². The van der Waals surface area contributed by atoms with Crippen LogP contribution in [0.3, 0.4) is 0 Å². The van der Waals surface area contributed by atoms with Gasteiger partial charge in [-0.15, -0.1) is 0 Å². The second kappa shape index (κ2) is 28.4. The van der Waals surface area contributed by atoms with Gasteiger partial charge in [0.15, 0.2) is 27.2 Å². The summed E-state index contributed by atoms with van der Waals surface area (Å²) >= 11 is 0. The molecule has 5 aliphatic heterocycles. The van der Waals surface area contributed by atoms with E-state index in [0.717, 1.165) is 22.3 Å². The summed E-state index contributed by atoms with van der Waals surface area (Å²) in [5.41, 5.74) is 11.3. The van der Waals surface area contributed by atoms with Crippen molar-refractivity contribution in [3.63, 3.8) is 0 Å². The van der Waals surface area contributed by atoms with Gasteiger partial charge >= 0.3 is 5.97 Å². The number of amides is 7.